The maximum Gasteiger partial charge on any atom is 0.336 e. The molecular weight excluding hydrogens is 320 g/mol. The summed E-state index contributed by atoms with van der Waals surface area (Å²) in [5.41, 5.74) is 5.25. The molecule has 4 rings (SSSR count). The Balaban J connectivity index is 1.63. The van der Waals surface area contributed by atoms with E-state index in [0.29, 0.717) is 5.58 Å². The summed E-state index contributed by atoms with van der Waals surface area (Å²) in [5, 5.41) is 0.933. The highest BCUT2D eigenvalue weighted by Gasteiger charge is 2.02. The molecule has 0 saturated carbocycles. The first kappa shape index (κ1) is 15.9. The fraction of sp³-hybridized carbons (Fsp3) is 0.0417. The molecule has 0 bridgehead atoms. The van der Waals surface area contributed by atoms with E-state index < -0.39 is 0 Å². The van der Waals surface area contributed by atoms with Crippen LogP contribution in [0.3, 0.4) is 0 Å². The summed E-state index contributed by atoms with van der Waals surface area (Å²) in [7, 11) is 0. The molecule has 0 atom stereocenters. The molecule has 1 heterocycles. The lowest BCUT2D eigenvalue weighted by atomic mass is 10.0. The van der Waals surface area contributed by atoms with Crippen molar-refractivity contribution in [1.82, 2.24) is 0 Å². The molecule has 26 heavy (non-hydrogen) atoms. The van der Waals surface area contributed by atoms with E-state index in [1.165, 1.54) is 17.2 Å². The molecule has 3 aromatic carbocycles. The molecule has 0 aliphatic heterocycles. The zero-order chi connectivity index (χ0) is 17.9. The van der Waals surface area contributed by atoms with E-state index in [-0.39, 0.29) is 5.63 Å². The molecule has 2 heteroatoms. The highest BCUT2D eigenvalue weighted by atomic mass is 16.4. The van der Waals surface area contributed by atoms with Crippen molar-refractivity contribution in [1.29, 1.82) is 0 Å². The van der Waals surface area contributed by atoms with Crippen molar-refractivity contribution in [2.24, 2.45) is 0 Å². The second kappa shape index (κ2) is 6.74. The van der Waals surface area contributed by atoms with E-state index in [4.69, 9.17) is 4.42 Å². The Bertz CT molecular complexity index is 1190. The van der Waals surface area contributed by atoms with Gasteiger partial charge >= 0.3 is 5.63 Å². The fourth-order valence-corrected chi connectivity index (χ4v) is 2.92. The van der Waals surface area contributed by atoms with E-state index in [1.807, 2.05) is 55.5 Å². The standard InChI is InChI=1S/C24H16O2/c1-17-15-24(25)26-23-16-19(11-14-22(17)23)8-7-18-9-12-21(13-10-18)20-5-3-2-4-6-20/h2-6,9-16H,1H3. The number of aryl methyl sites for hydroxylation is 1. The largest absolute Gasteiger partial charge is 0.423 e. The van der Waals surface area contributed by atoms with Gasteiger partial charge < -0.3 is 4.42 Å². The molecule has 1 aromatic heterocycles. The van der Waals surface area contributed by atoms with Crippen molar-refractivity contribution < 1.29 is 4.42 Å². The lowest BCUT2D eigenvalue weighted by Crippen LogP contribution is -1.97. The smallest absolute Gasteiger partial charge is 0.336 e. The zero-order valence-corrected chi connectivity index (χ0v) is 14.3. The maximum atomic E-state index is 11.5. The summed E-state index contributed by atoms with van der Waals surface area (Å²) in [6, 6.07) is 25.6. The predicted molar refractivity (Wildman–Crippen MR) is 105 cm³/mol. The van der Waals surface area contributed by atoms with Gasteiger partial charge in [0.2, 0.25) is 0 Å². The Hall–Kier alpha value is -3.57. The fourth-order valence-electron chi connectivity index (χ4n) is 2.92. The first-order valence-electron chi connectivity index (χ1n) is 8.41. The molecule has 0 fully saturated rings. The van der Waals surface area contributed by atoms with Crippen LogP contribution in [0.2, 0.25) is 0 Å². The van der Waals surface area contributed by atoms with Gasteiger partial charge in [0.1, 0.15) is 5.58 Å². The van der Waals surface area contributed by atoms with Gasteiger partial charge in [-0.05, 0) is 53.9 Å². The van der Waals surface area contributed by atoms with E-state index in [9.17, 15) is 4.79 Å². The van der Waals surface area contributed by atoms with Gasteiger partial charge in [-0.15, -0.1) is 0 Å². The third-order valence-electron chi connectivity index (χ3n) is 4.29. The lowest BCUT2D eigenvalue weighted by Gasteiger charge is -2.01. The van der Waals surface area contributed by atoms with Crippen LogP contribution in [-0.2, 0) is 0 Å². The predicted octanol–water partition coefficient (Wildman–Crippen LogP) is 5.17. The molecule has 2 nitrogen and oxygen atoms in total. The first-order valence-corrected chi connectivity index (χ1v) is 8.41. The van der Waals surface area contributed by atoms with Crippen LogP contribution in [-0.4, -0.2) is 0 Å². The number of benzene rings is 3. The number of hydrogen-bond acceptors (Lipinski definition) is 2. The van der Waals surface area contributed by atoms with Gasteiger partial charge in [-0.25, -0.2) is 4.79 Å². The Kier molecular flexibility index (Phi) is 4.13. The van der Waals surface area contributed by atoms with Crippen molar-refractivity contribution in [3.63, 3.8) is 0 Å². The third-order valence-corrected chi connectivity index (χ3v) is 4.29. The van der Waals surface area contributed by atoms with Crippen LogP contribution < -0.4 is 5.63 Å². The molecule has 0 saturated heterocycles. The SMILES string of the molecule is Cc1cc(=O)oc2cc(C#Cc3ccc(-c4ccccc4)cc3)ccc12. The average molecular weight is 336 g/mol. The third kappa shape index (κ3) is 3.29. The maximum absolute atomic E-state index is 11.5. The first-order chi connectivity index (χ1) is 12.7. The van der Waals surface area contributed by atoms with Gasteiger partial charge in [0.15, 0.2) is 0 Å². The summed E-state index contributed by atoms with van der Waals surface area (Å²) in [6.45, 7) is 1.90. The molecule has 0 unspecified atom stereocenters. The normalized spacial score (nSPS) is 10.3. The summed E-state index contributed by atoms with van der Waals surface area (Å²) in [4.78, 5) is 11.5. The second-order valence-electron chi connectivity index (χ2n) is 6.15. The van der Waals surface area contributed by atoms with Gasteiger partial charge in [0.25, 0.3) is 0 Å². The summed E-state index contributed by atoms with van der Waals surface area (Å²) < 4.78 is 5.28. The van der Waals surface area contributed by atoms with E-state index in [2.05, 4.69) is 36.1 Å². The van der Waals surface area contributed by atoms with Crippen LogP contribution in [0.15, 0.2) is 88.1 Å². The Morgan fingerprint density at radius 2 is 1.38 bits per heavy atom. The molecule has 0 aliphatic rings. The van der Waals surface area contributed by atoms with Crippen LogP contribution in [0.4, 0.5) is 0 Å². The molecule has 0 radical (unpaired) electrons. The summed E-state index contributed by atoms with van der Waals surface area (Å²) >= 11 is 0. The Morgan fingerprint density at radius 3 is 2.15 bits per heavy atom. The topological polar surface area (TPSA) is 30.2 Å². The van der Waals surface area contributed by atoms with Crippen LogP contribution in [0.25, 0.3) is 22.1 Å². The van der Waals surface area contributed by atoms with Crippen molar-refractivity contribution in [3.8, 4) is 23.0 Å². The molecule has 0 spiro atoms. The van der Waals surface area contributed by atoms with Crippen molar-refractivity contribution in [2.75, 3.05) is 0 Å². The lowest BCUT2D eigenvalue weighted by molar-refractivity contribution is 0.560. The number of hydrogen-bond donors (Lipinski definition) is 0. The quantitative estimate of drug-likeness (QED) is 0.355. The van der Waals surface area contributed by atoms with Gasteiger partial charge in [-0.2, -0.15) is 0 Å². The highest BCUT2D eigenvalue weighted by Crippen LogP contribution is 2.20. The molecule has 0 aliphatic carbocycles. The Labute approximate surface area is 151 Å². The van der Waals surface area contributed by atoms with Gasteiger partial charge in [0, 0.05) is 22.6 Å². The minimum atomic E-state index is -0.336. The second-order valence-corrected chi connectivity index (χ2v) is 6.15. The van der Waals surface area contributed by atoms with Crippen LogP contribution in [0, 0.1) is 18.8 Å². The zero-order valence-electron chi connectivity index (χ0n) is 14.3. The van der Waals surface area contributed by atoms with E-state index in [1.54, 1.807) is 0 Å². The highest BCUT2D eigenvalue weighted by molar-refractivity contribution is 5.81. The number of fused-ring (bicyclic) bond motifs is 1. The average Bonchev–Trinajstić information content (AvgIpc) is 2.67. The van der Waals surface area contributed by atoms with Crippen LogP contribution >= 0.6 is 0 Å². The Morgan fingerprint density at radius 1 is 0.731 bits per heavy atom. The van der Waals surface area contributed by atoms with Crippen LogP contribution in [0.5, 0.6) is 0 Å². The minimum Gasteiger partial charge on any atom is -0.423 e. The monoisotopic (exact) mass is 336 g/mol. The number of rotatable bonds is 1. The molecule has 124 valence electrons. The van der Waals surface area contributed by atoms with E-state index in [0.717, 1.165) is 22.1 Å². The minimum absolute atomic E-state index is 0.336. The van der Waals surface area contributed by atoms with Crippen molar-refractivity contribution >= 4 is 11.0 Å². The molecular formula is C24H16O2. The molecule has 0 amide bonds. The summed E-state index contributed by atoms with van der Waals surface area (Å²) in [5.74, 6) is 6.30. The van der Waals surface area contributed by atoms with Crippen LogP contribution in [0.1, 0.15) is 16.7 Å². The molecule has 4 aromatic rings. The summed E-state index contributed by atoms with van der Waals surface area (Å²) in [6.07, 6.45) is 0. The molecule has 0 N–H and O–H groups in total. The van der Waals surface area contributed by atoms with Crippen molar-refractivity contribution in [2.45, 2.75) is 6.92 Å². The van der Waals surface area contributed by atoms with Gasteiger partial charge in [-0.3, -0.25) is 0 Å². The van der Waals surface area contributed by atoms with Crippen molar-refractivity contribution in [3.05, 3.63) is 106 Å². The van der Waals surface area contributed by atoms with Gasteiger partial charge in [0.05, 0.1) is 0 Å². The van der Waals surface area contributed by atoms with Gasteiger partial charge in [-0.1, -0.05) is 54.3 Å². The van der Waals surface area contributed by atoms with E-state index >= 15 is 0 Å².